The molecular formula is C17H26N2O2. The average Bonchev–Trinajstić information content (AvgIpc) is 2.88. The molecular weight excluding hydrogens is 264 g/mol. The van der Waals surface area contributed by atoms with E-state index in [1.54, 1.807) is 7.11 Å². The number of rotatable bonds is 7. The number of methoxy groups -OCH3 is 1. The summed E-state index contributed by atoms with van der Waals surface area (Å²) in [6, 6.07) is 8.50. The van der Waals surface area contributed by atoms with Gasteiger partial charge in [-0.2, -0.15) is 0 Å². The van der Waals surface area contributed by atoms with Crippen LogP contribution in [0.2, 0.25) is 0 Å². The van der Waals surface area contributed by atoms with Crippen LogP contribution in [0, 0.1) is 0 Å². The third kappa shape index (κ3) is 3.76. The molecule has 1 heterocycles. The number of nitrogens with one attached hydrogen (secondary N) is 1. The van der Waals surface area contributed by atoms with Crippen molar-refractivity contribution in [2.75, 3.05) is 20.2 Å². The van der Waals surface area contributed by atoms with E-state index in [0.717, 1.165) is 31.7 Å². The zero-order valence-electron chi connectivity index (χ0n) is 13.3. The van der Waals surface area contributed by atoms with E-state index in [-0.39, 0.29) is 11.9 Å². The molecule has 1 N–H and O–H groups in total. The number of carbonyl (C=O) groups excluding carboxylic acids is 1. The molecule has 0 spiro atoms. The maximum absolute atomic E-state index is 12.2. The molecule has 1 aliphatic rings. The minimum atomic E-state index is 0.123. The van der Waals surface area contributed by atoms with E-state index in [0.29, 0.717) is 12.5 Å². The first kappa shape index (κ1) is 15.8. The van der Waals surface area contributed by atoms with E-state index >= 15 is 0 Å². The van der Waals surface area contributed by atoms with Gasteiger partial charge in [0, 0.05) is 12.5 Å². The number of likely N-dealkylation sites (tertiary alicyclic amines) is 1. The molecule has 4 heteroatoms. The molecule has 1 aromatic carbocycles. The third-order valence-electron chi connectivity index (χ3n) is 4.29. The van der Waals surface area contributed by atoms with Crippen LogP contribution in [0.1, 0.15) is 44.7 Å². The molecule has 1 fully saturated rings. The number of amides is 1. The first-order chi connectivity index (χ1) is 10.2. The molecule has 1 saturated heterocycles. The van der Waals surface area contributed by atoms with Gasteiger partial charge < -0.3 is 15.0 Å². The smallest absolute Gasteiger partial charge is 0.223 e. The molecule has 21 heavy (non-hydrogen) atoms. The van der Waals surface area contributed by atoms with E-state index in [2.05, 4.69) is 36.2 Å². The number of hydrogen-bond donors (Lipinski definition) is 1. The number of hydrogen-bond acceptors (Lipinski definition) is 3. The van der Waals surface area contributed by atoms with Crippen molar-refractivity contribution in [1.29, 1.82) is 0 Å². The summed E-state index contributed by atoms with van der Waals surface area (Å²) in [6.45, 7) is 6.18. The van der Waals surface area contributed by atoms with Crippen molar-refractivity contribution < 1.29 is 9.53 Å². The van der Waals surface area contributed by atoms with Crippen LogP contribution in [-0.2, 0) is 4.79 Å². The summed E-state index contributed by atoms with van der Waals surface area (Å²) in [5, 5.41) is 3.35. The molecule has 1 amide bonds. The van der Waals surface area contributed by atoms with Gasteiger partial charge in [-0.1, -0.05) is 19.1 Å². The average molecular weight is 290 g/mol. The first-order valence-corrected chi connectivity index (χ1v) is 7.83. The van der Waals surface area contributed by atoms with Crippen LogP contribution < -0.4 is 10.1 Å². The fourth-order valence-electron chi connectivity index (χ4n) is 3.07. The van der Waals surface area contributed by atoms with Gasteiger partial charge in [-0.15, -0.1) is 0 Å². The SMILES string of the molecule is CCNCCC1CCC(=O)N1[C@H](C)c1ccc(OC)cc1. The molecule has 1 aromatic rings. The van der Waals surface area contributed by atoms with Gasteiger partial charge in [0.1, 0.15) is 5.75 Å². The normalized spacial score (nSPS) is 19.9. The van der Waals surface area contributed by atoms with Gasteiger partial charge in [0.25, 0.3) is 0 Å². The second-order valence-corrected chi connectivity index (χ2v) is 5.58. The lowest BCUT2D eigenvalue weighted by molar-refractivity contribution is -0.131. The number of benzene rings is 1. The highest BCUT2D eigenvalue weighted by Crippen LogP contribution is 2.32. The van der Waals surface area contributed by atoms with Gasteiger partial charge in [-0.05, 0) is 50.6 Å². The van der Waals surface area contributed by atoms with Gasteiger partial charge >= 0.3 is 0 Å². The predicted molar refractivity (Wildman–Crippen MR) is 84.4 cm³/mol. The first-order valence-electron chi connectivity index (χ1n) is 7.83. The maximum Gasteiger partial charge on any atom is 0.223 e. The number of nitrogens with zero attached hydrogens (tertiary/aromatic N) is 1. The van der Waals surface area contributed by atoms with E-state index in [1.807, 2.05) is 12.1 Å². The van der Waals surface area contributed by atoms with Gasteiger partial charge in [-0.3, -0.25) is 4.79 Å². The van der Waals surface area contributed by atoms with Crippen molar-refractivity contribution in [3.05, 3.63) is 29.8 Å². The Hall–Kier alpha value is -1.55. The van der Waals surface area contributed by atoms with Gasteiger partial charge in [0.15, 0.2) is 0 Å². The lowest BCUT2D eigenvalue weighted by Gasteiger charge is -2.31. The molecule has 0 bridgehead atoms. The molecule has 1 unspecified atom stereocenters. The van der Waals surface area contributed by atoms with Crippen LogP contribution in [0.5, 0.6) is 5.75 Å². The zero-order chi connectivity index (χ0) is 15.2. The Morgan fingerprint density at radius 3 is 2.71 bits per heavy atom. The monoisotopic (exact) mass is 290 g/mol. The van der Waals surface area contributed by atoms with Crippen molar-refractivity contribution in [1.82, 2.24) is 10.2 Å². The lowest BCUT2D eigenvalue weighted by atomic mass is 10.0. The summed E-state index contributed by atoms with van der Waals surface area (Å²) in [6.07, 6.45) is 2.68. The van der Waals surface area contributed by atoms with Gasteiger partial charge in [0.2, 0.25) is 5.91 Å². The number of carbonyl (C=O) groups is 1. The molecule has 1 aliphatic heterocycles. The molecule has 4 nitrogen and oxygen atoms in total. The summed E-state index contributed by atoms with van der Waals surface area (Å²) in [7, 11) is 1.67. The Bertz CT molecular complexity index is 458. The molecule has 2 rings (SSSR count). The third-order valence-corrected chi connectivity index (χ3v) is 4.29. The summed E-state index contributed by atoms with van der Waals surface area (Å²) in [4.78, 5) is 14.3. The molecule has 116 valence electrons. The Labute approximate surface area is 127 Å². The quantitative estimate of drug-likeness (QED) is 0.785. The predicted octanol–water partition coefficient (Wildman–Crippen LogP) is 2.75. The molecule has 0 aliphatic carbocycles. The van der Waals surface area contributed by atoms with Crippen LogP contribution >= 0.6 is 0 Å². The van der Waals surface area contributed by atoms with Crippen LogP contribution in [0.15, 0.2) is 24.3 Å². The van der Waals surface area contributed by atoms with E-state index < -0.39 is 0 Å². The maximum atomic E-state index is 12.2. The second kappa shape index (κ2) is 7.46. The van der Waals surface area contributed by atoms with E-state index in [1.165, 1.54) is 5.56 Å². The summed E-state index contributed by atoms with van der Waals surface area (Å²) < 4.78 is 5.19. The minimum absolute atomic E-state index is 0.123. The highest BCUT2D eigenvalue weighted by atomic mass is 16.5. The topological polar surface area (TPSA) is 41.6 Å². The molecule has 0 saturated carbocycles. The van der Waals surface area contributed by atoms with Crippen molar-refractivity contribution in [2.24, 2.45) is 0 Å². The number of ether oxygens (including phenoxy) is 1. The van der Waals surface area contributed by atoms with Gasteiger partial charge in [-0.25, -0.2) is 0 Å². The fraction of sp³-hybridized carbons (Fsp3) is 0.588. The molecule has 2 atom stereocenters. The Morgan fingerprint density at radius 2 is 2.10 bits per heavy atom. The highest BCUT2D eigenvalue weighted by molar-refractivity contribution is 5.79. The van der Waals surface area contributed by atoms with E-state index in [4.69, 9.17) is 4.74 Å². The Kier molecular flexibility index (Phi) is 5.62. The van der Waals surface area contributed by atoms with Crippen LogP contribution in [0.25, 0.3) is 0 Å². The van der Waals surface area contributed by atoms with Crippen molar-refractivity contribution >= 4 is 5.91 Å². The summed E-state index contributed by atoms with van der Waals surface area (Å²) in [5.74, 6) is 1.13. The Balaban J connectivity index is 2.06. The second-order valence-electron chi connectivity index (χ2n) is 5.58. The van der Waals surface area contributed by atoms with Crippen molar-refractivity contribution in [2.45, 2.75) is 45.2 Å². The van der Waals surface area contributed by atoms with Crippen molar-refractivity contribution in [3.63, 3.8) is 0 Å². The van der Waals surface area contributed by atoms with Gasteiger partial charge in [0.05, 0.1) is 13.2 Å². The van der Waals surface area contributed by atoms with Crippen LogP contribution in [0.4, 0.5) is 0 Å². The molecule has 0 radical (unpaired) electrons. The largest absolute Gasteiger partial charge is 0.497 e. The minimum Gasteiger partial charge on any atom is -0.497 e. The molecule has 0 aromatic heterocycles. The van der Waals surface area contributed by atoms with Crippen LogP contribution in [-0.4, -0.2) is 37.0 Å². The zero-order valence-corrected chi connectivity index (χ0v) is 13.3. The van der Waals surface area contributed by atoms with E-state index in [9.17, 15) is 4.79 Å². The summed E-state index contributed by atoms with van der Waals surface area (Å²) >= 11 is 0. The highest BCUT2D eigenvalue weighted by Gasteiger charge is 2.34. The summed E-state index contributed by atoms with van der Waals surface area (Å²) in [5.41, 5.74) is 1.17. The standard InChI is InChI=1S/C17H26N2O2/c1-4-18-12-11-15-7-10-17(20)19(15)13(2)14-5-8-16(21-3)9-6-14/h5-6,8-9,13,15,18H,4,7,10-12H2,1-3H3/t13-,15?/m1/s1. The lowest BCUT2D eigenvalue weighted by Crippen LogP contribution is -2.37. The Morgan fingerprint density at radius 1 is 1.38 bits per heavy atom. The van der Waals surface area contributed by atoms with Crippen molar-refractivity contribution in [3.8, 4) is 5.75 Å². The fourth-order valence-corrected chi connectivity index (χ4v) is 3.07. The van der Waals surface area contributed by atoms with Crippen LogP contribution in [0.3, 0.4) is 0 Å².